The van der Waals surface area contributed by atoms with Crippen molar-refractivity contribution in [3.8, 4) is 5.82 Å². The molecule has 0 saturated carbocycles. The van der Waals surface area contributed by atoms with Crippen molar-refractivity contribution in [1.29, 1.82) is 0 Å². The zero-order valence-corrected chi connectivity index (χ0v) is 12.7. The second-order valence-corrected chi connectivity index (χ2v) is 5.17. The third kappa shape index (κ3) is 3.46. The van der Waals surface area contributed by atoms with E-state index in [1.54, 1.807) is 18.7 Å². The van der Waals surface area contributed by atoms with E-state index in [0.29, 0.717) is 17.4 Å². The maximum Gasteiger partial charge on any atom is 0.250 e. The quantitative estimate of drug-likeness (QED) is 0.746. The molecule has 116 valence electrons. The van der Waals surface area contributed by atoms with Crippen LogP contribution in [0.3, 0.4) is 0 Å². The van der Waals surface area contributed by atoms with E-state index in [9.17, 15) is 4.79 Å². The van der Waals surface area contributed by atoms with Crippen molar-refractivity contribution in [1.82, 2.24) is 19.5 Å². The predicted molar refractivity (Wildman–Crippen MR) is 86.5 cm³/mol. The van der Waals surface area contributed by atoms with Gasteiger partial charge in [0.25, 0.3) is 0 Å². The fourth-order valence-corrected chi connectivity index (χ4v) is 2.19. The van der Waals surface area contributed by atoms with Gasteiger partial charge in [0.15, 0.2) is 0 Å². The lowest BCUT2D eigenvalue weighted by Crippen LogP contribution is -2.12. The fourth-order valence-electron chi connectivity index (χ4n) is 1.96. The Bertz CT molecular complexity index is 816. The molecule has 0 atom stereocenters. The zero-order chi connectivity index (χ0) is 16.2. The second kappa shape index (κ2) is 6.45. The van der Waals surface area contributed by atoms with E-state index < -0.39 is 5.91 Å². The van der Waals surface area contributed by atoms with Gasteiger partial charge in [0.1, 0.15) is 18.0 Å². The number of pyridine rings is 2. The summed E-state index contributed by atoms with van der Waals surface area (Å²) in [6.07, 6.45) is 8.35. The Hall–Kier alpha value is -2.93. The number of carbonyl (C=O) groups excluding carboxylic acids is 1. The second-order valence-electron chi connectivity index (χ2n) is 4.77. The number of nitrogens with zero attached hydrogens (tertiary/aromatic N) is 4. The minimum absolute atomic E-state index is 0.270. The Kier molecular flexibility index (Phi) is 4.20. The Morgan fingerprint density at radius 2 is 2.17 bits per heavy atom. The molecule has 0 bridgehead atoms. The average Bonchev–Trinajstić information content (AvgIpc) is 3.08. The standard InChI is InChI=1S/C15H13ClN6O/c16-12-5-11(14(17)23)8-21-15(12)20-7-10-1-2-13(19-6-10)22-4-3-18-9-22/h1-6,8-9H,7H2,(H2,17,23)(H,20,21). The zero-order valence-electron chi connectivity index (χ0n) is 12.0. The maximum absolute atomic E-state index is 11.1. The Labute approximate surface area is 137 Å². The molecule has 8 heteroatoms. The Morgan fingerprint density at radius 3 is 2.78 bits per heavy atom. The molecule has 3 aromatic heterocycles. The first-order valence-electron chi connectivity index (χ1n) is 6.76. The van der Waals surface area contributed by atoms with Gasteiger partial charge in [0.2, 0.25) is 5.91 Å². The van der Waals surface area contributed by atoms with Crippen molar-refractivity contribution in [2.45, 2.75) is 6.54 Å². The summed E-state index contributed by atoms with van der Waals surface area (Å²) >= 11 is 6.07. The average molecular weight is 329 g/mol. The van der Waals surface area contributed by atoms with E-state index in [2.05, 4.69) is 20.3 Å². The van der Waals surface area contributed by atoms with Gasteiger partial charge in [-0.25, -0.2) is 15.0 Å². The van der Waals surface area contributed by atoms with E-state index in [0.717, 1.165) is 11.4 Å². The summed E-state index contributed by atoms with van der Waals surface area (Å²) in [7, 11) is 0. The molecular formula is C15H13ClN6O. The summed E-state index contributed by atoms with van der Waals surface area (Å²) in [4.78, 5) is 23.5. The molecule has 0 aliphatic heterocycles. The van der Waals surface area contributed by atoms with Crippen LogP contribution in [0.4, 0.5) is 5.82 Å². The van der Waals surface area contributed by atoms with Crippen molar-refractivity contribution in [3.63, 3.8) is 0 Å². The molecule has 0 aliphatic carbocycles. The van der Waals surface area contributed by atoms with Crippen LogP contribution >= 0.6 is 11.6 Å². The molecule has 23 heavy (non-hydrogen) atoms. The number of rotatable bonds is 5. The summed E-state index contributed by atoms with van der Waals surface area (Å²) in [6.45, 7) is 0.500. The first-order chi connectivity index (χ1) is 11.1. The topological polar surface area (TPSA) is 98.7 Å². The lowest BCUT2D eigenvalue weighted by molar-refractivity contribution is 0.1000. The van der Waals surface area contributed by atoms with Gasteiger partial charge in [0.05, 0.1) is 10.6 Å². The van der Waals surface area contributed by atoms with Crippen molar-refractivity contribution >= 4 is 23.3 Å². The highest BCUT2D eigenvalue weighted by Gasteiger charge is 2.07. The number of imidazole rings is 1. The summed E-state index contributed by atoms with van der Waals surface area (Å²) < 4.78 is 1.82. The number of hydrogen-bond acceptors (Lipinski definition) is 5. The Morgan fingerprint density at radius 1 is 1.30 bits per heavy atom. The molecule has 0 aromatic carbocycles. The highest BCUT2D eigenvalue weighted by atomic mass is 35.5. The van der Waals surface area contributed by atoms with Gasteiger partial charge in [-0.2, -0.15) is 0 Å². The summed E-state index contributed by atoms with van der Waals surface area (Å²) in [5, 5.41) is 3.43. The fraction of sp³-hybridized carbons (Fsp3) is 0.0667. The van der Waals surface area contributed by atoms with E-state index in [-0.39, 0.29) is 5.56 Å². The molecule has 0 unspecified atom stereocenters. The van der Waals surface area contributed by atoms with Crippen LogP contribution in [0.5, 0.6) is 0 Å². The van der Waals surface area contributed by atoms with E-state index in [4.69, 9.17) is 17.3 Å². The summed E-state index contributed by atoms with van der Waals surface area (Å²) in [6, 6.07) is 5.32. The number of amides is 1. The molecule has 0 radical (unpaired) electrons. The SMILES string of the molecule is NC(=O)c1cnc(NCc2ccc(-n3ccnc3)nc2)c(Cl)c1. The minimum atomic E-state index is -0.565. The smallest absolute Gasteiger partial charge is 0.250 e. The van der Waals surface area contributed by atoms with Crippen molar-refractivity contribution in [3.05, 3.63) is 65.5 Å². The Balaban J connectivity index is 1.67. The van der Waals surface area contributed by atoms with Crippen LogP contribution in [0.1, 0.15) is 15.9 Å². The number of halogens is 1. The lowest BCUT2D eigenvalue weighted by atomic mass is 10.2. The molecule has 0 fully saturated rings. The van der Waals surface area contributed by atoms with Crippen LogP contribution in [0.2, 0.25) is 5.02 Å². The lowest BCUT2D eigenvalue weighted by Gasteiger charge is -2.08. The first kappa shape index (κ1) is 15.0. The number of carbonyl (C=O) groups is 1. The molecule has 3 rings (SSSR count). The molecule has 3 heterocycles. The highest BCUT2D eigenvalue weighted by molar-refractivity contribution is 6.33. The largest absolute Gasteiger partial charge is 0.366 e. The number of nitrogens with one attached hydrogen (secondary N) is 1. The molecular weight excluding hydrogens is 316 g/mol. The molecule has 0 saturated heterocycles. The van der Waals surface area contributed by atoms with Crippen LogP contribution in [0, 0.1) is 0 Å². The van der Waals surface area contributed by atoms with Crippen LogP contribution in [0.25, 0.3) is 5.82 Å². The molecule has 7 nitrogen and oxygen atoms in total. The molecule has 3 aromatic rings. The van der Waals surface area contributed by atoms with E-state index in [1.807, 2.05) is 22.9 Å². The third-order valence-corrected chi connectivity index (χ3v) is 3.45. The third-order valence-electron chi connectivity index (χ3n) is 3.16. The number of anilines is 1. The summed E-state index contributed by atoms with van der Waals surface area (Å²) in [5.41, 5.74) is 6.41. The normalized spacial score (nSPS) is 10.5. The maximum atomic E-state index is 11.1. The molecule has 3 N–H and O–H groups in total. The number of primary amides is 1. The van der Waals surface area contributed by atoms with Crippen molar-refractivity contribution in [2.24, 2.45) is 5.73 Å². The van der Waals surface area contributed by atoms with Crippen LogP contribution in [-0.4, -0.2) is 25.4 Å². The van der Waals surface area contributed by atoms with Crippen molar-refractivity contribution < 1.29 is 4.79 Å². The van der Waals surface area contributed by atoms with Gasteiger partial charge < -0.3 is 11.1 Å². The number of aromatic nitrogens is 4. The first-order valence-corrected chi connectivity index (χ1v) is 7.14. The van der Waals surface area contributed by atoms with E-state index in [1.165, 1.54) is 12.3 Å². The van der Waals surface area contributed by atoms with E-state index >= 15 is 0 Å². The number of hydrogen-bond donors (Lipinski definition) is 2. The number of nitrogens with two attached hydrogens (primary N) is 1. The van der Waals surface area contributed by atoms with Gasteiger partial charge in [-0.15, -0.1) is 0 Å². The van der Waals surface area contributed by atoms with Gasteiger partial charge in [-0.1, -0.05) is 17.7 Å². The molecule has 1 amide bonds. The monoisotopic (exact) mass is 328 g/mol. The van der Waals surface area contributed by atoms with Gasteiger partial charge >= 0.3 is 0 Å². The van der Waals surface area contributed by atoms with Gasteiger partial charge in [-0.05, 0) is 17.7 Å². The van der Waals surface area contributed by atoms with Crippen LogP contribution in [-0.2, 0) is 6.54 Å². The molecule has 0 spiro atoms. The molecule has 0 aliphatic rings. The van der Waals surface area contributed by atoms with Crippen LogP contribution in [0.15, 0.2) is 49.3 Å². The minimum Gasteiger partial charge on any atom is -0.366 e. The van der Waals surface area contributed by atoms with Crippen molar-refractivity contribution in [2.75, 3.05) is 5.32 Å². The highest BCUT2D eigenvalue weighted by Crippen LogP contribution is 2.20. The van der Waals surface area contributed by atoms with Gasteiger partial charge in [-0.3, -0.25) is 9.36 Å². The van der Waals surface area contributed by atoms with Crippen LogP contribution < -0.4 is 11.1 Å². The van der Waals surface area contributed by atoms with Gasteiger partial charge in [0, 0.05) is 31.3 Å². The summed E-state index contributed by atoms with van der Waals surface area (Å²) in [5.74, 6) is 0.703. The predicted octanol–water partition coefficient (Wildman–Crippen LogP) is 2.03.